The van der Waals surface area contributed by atoms with E-state index in [1.165, 1.54) is 30.0 Å². The van der Waals surface area contributed by atoms with Crippen molar-refractivity contribution in [2.24, 2.45) is 5.92 Å². The normalized spacial score (nSPS) is 14.1. The molecular formula is C25H30N2O5. The van der Waals surface area contributed by atoms with Gasteiger partial charge in [-0.05, 0) is 41.5 Å². The molecule has 0 aromatic heterocycles. The zero-order valence-electron chi connectivity index (χ0n) is 18.7. The Bertz CT molecular complexity index is 944. The van der Waals surface area contributed by atoms with E-state index < -0.39 is 18.1 Å². The van der Waals surface area contributed by atoms with Crippen LogP contribution in [0, 0.1) is 5.92 Å². The maximum Gasteiger partial charge on any atom is 0.407 e. The summed E-state index contributed by atoms with van der Waals surface area (Å²) in [6.07, 6.45) is 0.327. The second kappa shape index (κ2) is 10.3. The van der Waals surface area contributed by atoms with Gasteiger partial charge in [-0.15, -0.1) is 0 Å². The molecule has 7 nitrogen and oxygen atoms in total. The van der Waals surface area contributed by atoms with E-state index >= 15 is 0 Å². The van der Waals surface area contributed by atoms with E-state index in [4.69, 9.17) is 9.84 Å². The van der Waals surface area contributed by atoms with Gasteiger partial charge in [0.1, 0.15) is 12.6 Å². The van der Waals surface area contributed by atoms with Gasteiger partial charge in [-0.2, -0.15) is 0 Å². The van der Waals surface area contributed by atoms with Gasteiger partial charge in [0, 0.05) is 25.9 Å². The van der Waals surface area contributed by atoms with Crippen LogP contribution in [0.1, 0.15) is 43.7 Å². The minimum absolute atomic E-state index is 0.000157. The van der Waals surface area contributed by atoms with Crippen LogP contribution >= 0.6 is 0 Å². The zero-order valence-corrected chi connectivity index (χ0v) is 18.7. The first-order valence-corrected chi connectivity index (χ1v) is 10.9. The van der Waals surface area contributed by atoms with E-state index in [9.17, 15) is 14.4 Å². The smallest absolute Gasteiger partial charge is 0.407 e. The van der Waals surface area contributed by atoms with Crippen molar-refractivity contribution in [2.75, 3.05) is 20.2 Å². The lowest BCUT2D eigenvalue weighted by Crippen LogP contribution is -2.40. The number of nitrogens with zero attached hydrogens (tertiary/aromatic N) is 1. The van der Waals surface area contributed by atoms with Crippen LogP contribution in [-0.4, -0.2) is 54.2 Å². The van der Waals surface area contributed by atoms with Crippen molar-refractivity contribution in [1.82, 2.24) is 10.2 Å². The number of ether oxygens (including phenoxy) is 1. The number of carboxylic acid groups (broad SMARTS) is 1. The van der Waals surface area contributed by atoms with Crippen LogP contribution in [0.4, 0.5) is 4.79 Å². The van der Waals surface area contributed by atoms with Crippen LogP contribution in [0.3, 0.4) is 0 Å². The standard InChI is InChI=1S/C25H30N2O5/c1-16(14-23(28)27(3)17(2)24(29)30)12-13-26-25(31)32-15-22-20-10-6-4-8-18(20)19-9-5-7-11-21(19)22/h4-11,16-17,22H,12-15H2,1-3H3,(H,26,31)(H,29,30). The highest BCUT2D eigenvalue weighted by Gasteiger charge is 2.29. The van der Waals surface area contributed by atoms with E-state index in [0.717, 1.165) is 11.1 Å². The quantitative estimate of drug-likeness (QED) is 0.620. The van der Waals surface area contributed by atoms with E-state index in [0.29, 0.717) is 13.0 Å². The number of fused-ring (bicyclic) bond motifs is 3. The fraction of sp³-hybridized carbons (Fsp3) is 0.400. The predicted octanol–water partition coefficient (Wildman–Crippen LogP) is 3.87. The summed E-state index contributed by atoms with van der Waals surface area (Å²) in [5.41, 5.74) is 4.68. The number of likely N-dealkylation sites (N-methyl/N-ethyl adjacent to an activating group) is 1. The van der Waals surface area contributed by atoms with Crippen molar-refractivity contribution >= 4 is 18.0 Å². The van der Waals surface area contributed by atoms with Crippen molar-refractivity contribution in [3.63, 3.8) is 0 Å². The number of rotatable bonds is 9. The average Bonchev–Trinajstić information content (AvgIpc) is 3.10. The van der Waals surface area contributed by atoms with Crippen LogP contribution < -0.4 is 5.32 Å². The average molecular weight is 439 g/mol. The van der Waals surface area contributed by atoms with Gasteiger partial charge in [0.05, 0.1) is 0 Å². The molecule has 1 aliphatic rings. The molecule has 2 aromatic carbocycles. The van der Waals surface area contributed by atoms with Crippen molar-refractivity contribution in [3.8, 4) is 11.1 Å². The molecule has 2 N–H and O–H groups in total. The highest BCUT2D eigenvalue weighted by atomic mass is 16.5. The molecular weight excluding hydrogens is 408 g/mol. The Morgan fingerprint density at radius 3 is 2.16 bits per heavy atom. The molecule has 0 fully saturated rings. The number of carbonyl (C=O) groups excluding carboxylic acids is 2. The number of alkyl carbamates (subject to hydrolysis) is 1. The number of aliphatic carboxylic acids is 1. The van der Waals surface area contributed by atoms with Gasteiger partial charge >= 0.3 is 12.1 Å². The molecule has 0 bridgehead atoms. The first kappa shape index (κ1) is 23.3. The predicted molar refractivity (Wildman–Crippen MR) is 121 cm³/mol. The van der Waals surface area contributed by atoms with Crippen LogP contribution in [0.5, 0.6) is 0 Å². The van der Waals surface area contributed by atoms with E-state index in [-0.39, 0.29) is 30.8 Å². The zero-order chi connectivity index (χ0) is 23.3. The summed E-state index contributed by atoms with van der Waals surface area (Å²) >= 11 is 0. The third kappa shape index (κ3) is 5.28. The van der Waals surface area contributed by atoms with Crippen molar-refractivity contribution in [1.29, 1.82) is 0 Å². The lowest BCUT2D eigenvalue weighted by molar-refractivity contribution is -0.148. The molecule has 0 saturated heterocycles. The largest absolute Gasteiger partial charge is 0.480 e. The number of benzene rings is 2. The minimum atomic E-state index is -1.04. The summed E-state index contributed by atoms with van der Waals surface area (Å²) in [6.45, 7) is 4.01. The second-order valence-electron chi connectivity index (χ2n) is 8.37. The molecule has 2 unspecified atom stereocenters. The number of hydrogen-bond acceptors (Lipinski definition) is 4. The lowest BCUT2D eigenvalue weighted by atomic mass is 9.98. The Morgan fingerprint density at radius 2 is 1.59 bits per heavy atom. The third-order valence-corrected chi connectivity index (χ3v) is 6.10. The summed E-state index contributed by atoms with van der Waals surface area (Å²) in [5, 5.41) is 11.8. The summed E-state index contributed by atoms with van der Waals surface area (Å²) in [4.78, 5) is 36.7. The van der Waals surface area contributed by atoms with Crippen LogP contribution in [0.2, 0.25) is 0 Å². The number of nitrogens with one attached hydrogen (secondary N) is 1. The molecule has 2 amide bonds. The van der Waals surface area contributed by atoms with E-state index in [2.05, 4.69) is 29.6 Å². The van der Waals surface area contributed by atoms with Gasteiger partial charge in [-0.25, -0.2) is 9.59 Å². The monoisotopic (exact) mass is 438 g/mol. The molecule has 0 heterocycles. The molecule has 170 valence electrons. The van der Waals surface area contributed by atoms with Gasteiger partial charge < -0.3 is 20.1 Å². The van der Waals surface area contributed by atoms with Gasteiger partial charge in [0.2, 0.25) is 5.91 Å². The third-order valence-electron chi connectivity index (χ3n) is 6.10. The Morgan fingerprint density at radius 1 is 1.03 bits per heavy atom. The fourth-order valence-corrected chi connectivity index (χ4v) is 4.00. The molecule has 2 atom stereocenters. The number of hydrogen-bond donors (Lipinski definition) is 2. The molecule has 0 spiro atoms. The minimum Gasteiger partial charge on any atom is -0.480 e. The second-order valence-corrected chi connectivity index (χ2v) is 8.37. The maximum atomic E-state index is 12.2. The lowest BCUT2D eigenvalue weighted by Gasteiger charge is -2.23. The Hall–Kier alpha value is -3.35. The van der Waals surface area contributed by atoms with Gasteiger partial charge in [-0.1, -0.05) is 55.5 Å². The summed E-state index contributed by atoms with van der Waals surface area (Å²) in [6, 6.07) is 15.5. The Kier molecular flexibility index (Phi) is 7.51. The highest BCUT2D eigenvalue weighted by molar-refractivity contribution is 5.83. The van der Waals surface area contributed by atoms with Crippen LogP contribution in [-0.2, 0) is 14.3 Å². The SMILES string of the molecule is CC(CCNC(=O)OCC1c2ccccc2-c2ccccc21)CC(=O)N(C)C(C)C(=O)O. The highest BCUT2D eigenvalue weighted by Crippen LogP contribution is 2.44. The Balaban J connectivity index is 1.44. The number of carboxylic acids is 1. The van der Waals surface area contributed by atoms with Crippen molar-refractivity contribution in [2.45, 2.75) is 38.6 Å². The molecule has 2 aromatic rings. The summed E-state index contributed by atoms with van der Waals surface area (Å²) in [5.74, 6) is -1.25. The van der Waals surface area contributed by atoms with Crippen LogP contribution in [0.25, 0.3) is 11.1 Å². The van der Waals surface area contributed by atoms with Crippen LogP contribution in [0.15, 0.2) is 48.5 Å². The molecule has 0 saturated carbocycles. The van der Waals surface area contributed by atoms with Gasteiger partial charge in [0.25, 0.3) is 0 Å². The number of carbonyl (C=O) groups is 3. The maximum absolute atomic E-state index is 12.2. The molecule has 7 heteroatoms. The summed E-state index contributed by atoms with van der Waals surface area (Å²) in [7, 11) is 1.49. The number of amides is 2. The molecule has 1 aliphatic carbocycles. The van der Waals surface area contributed by atoms with Gasteiger partial charge in [-0.3, -0.25) is 4.79 Å². The first-order valence-electron chi connectivity index (χ1n) is 10.9. The van der Waals surface area contributed by atoms with Crippen molar-refractivity contribution < 1.29 is 24.2 Å². The topological polar surface area (TPSA) is 95.9 Å². The molecule has 3 rings (SSSR count). The first-order chi connectivity index (χ1) is 15.3. The van der Waals surface area contributed by atoms with E-state index in [1.54, 1.807) is 0 Å². The van der Waals surface area contributed by atoms with E-state index in [1.807, 2.05) is 31.2 Å². The Labute approximate surface area is 188 Å². The van der Waals surface area contributed by atoms with Crippen molar-refractivity contribution in [3.05, 3.63) is 59.7 Å². The molecule has 32 heavy (non-hydrogen) atoms. The fourth-order valence-electron chi connectivity index (χ4n) is 4.00. The molecule has 0 radical (unpaired) electrons. The summed E-state index contributed by atoms with van der Waals surface area (Å²) < 4.78 is 5.51. The molecule has 0 aliphatic heterocycles. The van der Waals surface area contributed by atoms with Gasteiger partial charge in [0.15, 0.2) is 0 Å².